The number of unbranched alkanes of at least 4 members (excludes halogenated alkanes) is 1. The number of rotatable bonds is 6. The van der Waals surface area contributed by atoms with Gasteiger partial charge in [-0.25, -0.2) is 4.79 Å². The number of alkyl halides is 3. The monoisotopic (exact) mass is 317 g/mol. The first-order valence-corrected chi connectivity index (χ1v) is 6.85. The van der Waals surface area contributed by atoms with Gasteiger partial charge in [0.15, 0.2) is 0 Å². The first-order valence-electron chi connectivity index (χ1n) is 6.85. The van der Waals surface area contributed by atoms with Crippen LogP contribution in [0.15, 0.2) is 24.3 Å². The van der Waals surface area contributed by atoms with E-state index in [2.05, 4.69) is 10.1 Å². The van der Waals surface area contributed by atoms with E-state index in [0.29, 0.717) is 12.8 Å². The van der Waals surface area contributed by atoms with E-state index in [4.69, 9.17) is 0 Å². The summed E-state index contributed by atoms with van der Waals surface area (Å²) in [5, 5.41) is 2.48. The number of benzene rings is 1. The van der Waals surface area contributed by atoms with Crippen molar-refractivity contribution >= 4 is 11.9 Å². The number of hydrogen-bond donors (Lipinski definition) is 1. The summed E-state index contributed by atoms with van der Waals surface area (Å²) in [4.78, 5) is 23.6. The quantitative estimate of drug-likeness (QED) is 0.820. The van der Waals surface area contributed by atoms with Crippen molar-refractivity contribution in [1.29, 1.82) is 0 Å². The van der Waals surface area contributed by atoms with Gasteiger partial charge in [0.2, 0.25) is 0 Å². The summed E-state index contributed by atoms with van der Waals surface area (Å²) in [5.41, 5.74) is -0.780. The van der Waals surface area contributed by atoms with Gasteiger partial charge in [0.1, 0.15) is 6.04 Å². The molecule has 0 aliphatic heterocycles. The lowest BCUT2D eigenvalue weighted by Crippen LogP contribution is -2.41. The molecule has 1 aromatic rings. The topological polar surface area (TPSA) is 55.4 Å². The minimum absolute atomic E-state index is 0.0541. The van der Waals surface area contributed by atoms with E-state index in [1.165, 1.54) is 7.11 Å². The van der Waals surface area contributed by atoms with Crippen LogP contribution in [0, 0.1) is 0 Å². The Kier molecular flexibility index (Phi) is 6.39. The number of nitrogens with one attached hydrogen (secondary N) is 1. The zero-order valence-electron chi connectivity index (χ0n) is 12.4. The molecule has 0 aliphatic carbocycles. The van der Waals surface area contributed by atoms with Gasteiger partial charge in [-0.15, -0.1) is 0 Å². The Hall–Kier alpha value is -2.05. The van der Waals surface area contributed by atoms with Gasteiger partial charge in [-0.2, -0.15) is 13.2 Å². The van der Waals surface area contributed by atoms with Crippen molar-refractivity contribution in [3.63, 3.8) is 0 Å². The predicted molar refractivity (Wildman–Crippen MR) is 74.2 cm³/mol. The van der Waals surface area contributed by atoms with Crippen LogP contribution in [0.1, 0.15) is 42.1 Å². The van der Waals surface area contributed by atoms with Crippen molar-refractivity contribution in [2.75, 3.05) is 7.11 Å². The van der Waals surface area contributed by atoms with Crippen LogP contribution >= 0.6 is 0 Å². The largest absolute Gasteiger partial charge is 0.467 e. The van der Waals surface area contributed by atoms with Crippen LogP contribution in [0.3, 0.4) is 0 Å². The third kappa shape index (κ3) is 5.05. The summed E-state index contributed by atoms with van der Waals surface area (Å²) in [6.07, 6.45) is -2.49. The molecule has 7 heteroatoms. The van der Waals surface area contributed by atoms with Gasteiger partial charge in [-0.05, 0) is 30.7 Å². The number of carbonyl (C=O) groups is 2. The molecule has 122 valence electrons. The van der Waals surface area contributed by atoms with Crippen molar-refractivity contribution in [2.24, 2.45) is 0 Å². The van der Waals surface area contributed by atoms with Crippen LogP contribution < -0.4 is 5.32 Å². The number of esters is 1. The molecule has 22 heavy (non-hydrogen) atoms. The molecule has 1 amide bonds. The first kappa shape index (κ1) is 18.0. The lowest BCUT2D eigenvalue weighted by molar-refractivity contribution is -0.143. The summed E-state index contributed by atoms with van der Waals surface area (Å²) in [6, 6.07) is 3.00. The van der Waals surface area contributed by atoms with E-state index in [1.54, 1.807) is 0 Å². The van der Waals surface area contributed by atoms with Crippen molar-refractivity contribution < 1.29 is 27.5 Å². The molecular weight excluding hydrogens is 299 g/mol. The zero-order valence-corrected chi connectivity index (χ0v) is 12.4. The van der Waals surface area contributed by atoms with Gasteiger partial charge in [0.25, 0.3) is 5.91 Å². The highest BCUT2D eigenvalue weighted by Crippen LogP contribution is 2.29. The molecule has 0 aliphatic rings. The van der Waals surface area contributed by atoms with Gasteiger partial charge in [0, 0.05) is 5.56 Å². The minimum Gasteiger partial charge on any atom is -0.467 e. The highest BCUT2D eigenvalue weighted by atomic mass is 19.4. The summed E-state index contributed by atoms with van der Waals surface area (Å²) in [7, 11) is 1.21. The molecule has 1 aromatic carbocycles. The lowest BCUT2D eigenvalue weighted by Gasteiger charge is -2.16. The van der Waals surface area contributed by atoms with Crippen molar-refractivity contribution in [3.8, 4) is 0 Å². The molecule has 0 saturated carbocycles. The summed E-state index contributed by atoms with van der Waals surface area (Å²) >= 11 is 0. The van der Waals surface area contributed by atoms with Gasteiger partial charge in [-0.3, -0.25) is 4.79 Å². The highest BCUT2D eigenvalue weighted by molar-refractivity contribution is 5.96. The van der Waals surface area contributed by atoms with E-state index in [-0.39, 0.29) is 5.56 Å². The fourth-order valence-corrected chi connectivity index (χ4v) is 1.85. The third-order valence-electron chi connectivity index (χ3n) is 3.11. The van der Waals surface area contributed by atoms with Crippen LogP contribution in [0.25, 0.3) is 0 Å². The zero-order chi connectivity index (χ0) is 16.8. The molecule has 1 rings (SSSR count). The predicted octanol–water partition coefficient (Wildman–Crippen LogP) is 3.17. The van der Waals surface area contributed by atoms with Gasteiger partial charge in [0.05, 0.1) is 12.7 Å². The maximum absolute atomic E-state index is 12.5. The average Bonchev–Trinajstić information content (AvgIpc) is 2.49. The molecular formula is C15H18F3NO3. The molecule has 0 radical (unpaired) electrons. The molecule has 1 atom stereocenters. The van der Waals surface area contributed by atoms with Gasteiger partial charge >= 0.3 is 12.1 Å². The van der Waals surface area contributed by atoms with Gasteiger partial charge in [-0.1, -0.05) is 19.8 Å². The van der Waals surface area contributed by atoms with Gasteiger partial charge < -0.3 is 10.1 Å². The summed E-state index contributed by atoms with van der Waals surface area (Å²) in [6.45, 7) is 1.94. The third-order valence-corrected chi connectivity index (χ3v) is 3.11. The number of ether oxygens (including phenoxy) is 1. The van der Waals surface area contributed by atoms with Crippen molar-refractivity contribution in [3.05, 3.63) is 35.4 Å². The van der Waals surface area contributed by atoms with E-state index in [9.17, 15) is 22.8 Å². The van der Waals surface area contributed by atoms with Crippen LogP contribution in [-0.2, 0) is 15.7 Å². The Balaban J connectivity index is 2.79. The van der Waals surface area contributed by atoms with Crippen LogP contribution in [0.5, 0.6) is 0 Å². The van der Waals surface area contributed by atoms with E-state index in [1.807, 2.05) is 6.92 Å². The Bertz CT molecular complexity index is 512. The maximum atomic E-state index is 12.5. The molecule has 0 unspecified atom stereocenters. The standard InChI is InChI=1S/C15H18F3NO3/c1-3-4-5-12(14(21)22-2)19-13(20)10-6-8-11(9-7-10)15(16,17)18/h6-9,12H,3-5H2,1-2H3,(H,19,20)/t12-/m1/s1. The smallest absolute Gasteiger partial charge is 0.416 e. The Morgan fingerprint density at radius 3 is 2.27 bits per heavy atom. The fraction of sp³-hybridized carbons (Fsp3) is 0.467. The molecule has 0 bridgehead atoms. The average molecular weight is 317 g/mol. The number of amides is 1. The van der Waals surface area contributed by atoms with Crippen LogP contribution in [0.4, 0.5) is 13.2 Å². The molecule has 1 N–H and O–H groups in total. The lowest BCUT2D eigenvalue weighted by atomic mass is 10.1. The second kappa shape index (κ2) is 7.82. The van der Waals surface area contributed by atoms with E-state index in [0.717, 1.165) is 30.7 Å². The molecule has 0 fully saturated rings. The number of halogens is 3. The molecule has 0 heterocycles. The minimum atomic E-state index is -4.45. The SMILES string of the molecule is CCCC[C@@H](NC(=O)c1ccc(C(F)(F)F)cc1)C(=O)OC. The number of carbonyl (C=O) groups excluding carboxylic acids is 2. The van der Waals surface area contributed by atoms with E-state index < -0.39 is 29.7 Å². The van der Waals surface area contributed by atoms with Crippen LogP contribution in [0.2, 0.25) is 0 Å². The molecule has 0 spiro atoms. The Labute approximate surface area is 126 Å². The molecule has 0 saturated heterocycles. The van der Waals surface area contributed by atoms with Crippen molar-refractivity contribution in [2.45, 2.75) is 38.4 Å². The van der Waals surface area contributed by atoms with Crippen LogP contribution in [-0.4, -0.2) is 25.0 Å². The number of hydrogen-bond acceptors (Lipinski definition) is 3. The summed E-state index contributed by atoms with van der Waals surface area (Å²) < 4.78 is 42.0. The Morgan fingerprint density at radius 1 is 1.23 bits per heavy atom. The fourth-order valence-electron chi connectivity index (χ4n) is 1.85. The Morgan fingerprint density at radius 2 is 1.82 bits per heavy atom. The second-order valence-electron chi connectivity index (χ2n) is 4.77. The maximum Gasteiger partial charge on any atom is 0.416 e. The second-order valence-corrected chi connectivity index (χ2v) is 4.77. The highest BCUT2D eigenvalue weighted by Gasteiger charge is 2.30. The summed E-state index contributed by atoms with van der Waals surface area (Å²) in [5.74, 6) is -1.19. The first-order chi connectivity index (χ1) is 10.3. The van der Waals surface area contributed by atoms with E-state index >= 15 is 0 Å². The molecule has 0 aromatic heterocycles. The van der Waals surface area contributed by atoms with Crippen molar-refractivity contribution in [1.82, 2.24) is 5.32 Å². The molecule has 4 nitrogen and oxygen atoms in total. The normalized spacial score (nSPS) is 12.6. The number of methoxy groups -OCH3 is 1.